The number of hydrogen-bond donors (Lipinski definition) is 1. The summed E-state index contributed by atoms with van der Waals surface area (Å²) >= 11 is 6.11. The van der Waals surface area contributed by atoms with Gasteiger partial charge in [-0.2, -0.15) is 13.2 Å². The summed E-state index contributed by atoms with van der Waals surface area (Å²) < 4.78 is 50.6. The molecule has 1 aliphatic carbocycles. The molecule has 5 rings (SSSR count). The summed E-state index contributed by atoms with van der Waals surface area (Å²) in [6.07, 6.45) is -3.00. The van der Waals surface area contributed by atoms with E-state index < -0.39 is 29.5 Å². The van der Waals surface area contributed by atoms with Crippen LogP contribution in [0, 0.1) is 5.92 Å². The molecule has 0 spiro atoms. The van der Waals surface area contributed by atoms with E-state index in [0.29, 0.717) is 53.3 Å². The molecule has 2 unspecified atom stereocenters. The predicted molar refractivity (Wildman–Crippen MR) is 123 cm³/mol. The van der Waals surface area contributed by atoms with E-state index in [-0.39, 0.29) is 23.3 Å². The predicted octanol–water partition coefficient (Wildman–Crippen LogP) is 5.91. The van der Waals surface area contributed by atoms with Crippen LogP contribution in [0.3, 0.4) is 0 Å². The number of amides is 1. The third-order valence-corrected chi connectivity index (χ3v) is 6.75. The highest BCUT2D eigenvalue weighted by Gasteiger charge is 2.43. The number of allylic oxidation sites excluding steroid dienone is 2. The fourth-order valence-electron chi connectivity index (χ4n) is 4.82. The Labute approximate surface area is 203 Å². The molecule has 0 fully saturated rings. The number of nitrogens with one attached hydrogen (secondary N) is 1. The number of carbonyl (C=O) groups is 2. The molecular formula is C25H20ClF3N2O4. The van der Waals surface area contributed by atoms with Gasteiger partial charge in [0, 0.05) is 29.3 Å². The molecule has 2 atom stereocenters. The first-order chi connectivity index (χ1) is 16.6. The molecule has 6 nitrogen and oxygen atoms in total. The van der Waals surface area contributed by atoms with Crippen molar-refractivity contribution < 1.29 is 32.2 Å². The van der Waals surface area contributed by atoms with E-state index in [1.165, 1.54) is 0 Å². The standard InChI is InChI=1S/C25H20ClF3N2O4/c1-12-21(24(33)31-17-10-14(25(27,28)29)6-7-15(17)26)22(23-16(30-12)3-2-4-18(23)32)13-5-8-19-20(9-13)35-11-34-19/h5-10,21-22H,2-4,11H2,1H3,(H,31,33). The number of halogens is 4. The summed E-state index contributed by atoms with van der Waals surface area (Å²) in [5, 5.41) is 2.51. The van der Waals surface area contributed by atoms with Gasteiger partial charge in [-0.05, 0) is 55.7 Å². The maximum Gasteiger partial charge on any atom is 0.416 e. The van der Waals surface area contributed by atoms with Crippen molar-refractivity contribution in [1.29, 1.82) is 0 Å². The van der Waals surface area contributed by atoms with Crippen molar-refractivity contribution in [3.8, 4) is 11.5 Å². The number of anilines is 1. The lowest BCUT2D eigenvalue weighted by Crippen LogP contribution is -2.39. The molecule has 3 aliphatic rings. The molecular weight excluding hydrogens is 485 g/mol. The Balaban J connectivity index is 1.56. The van der Waals surface area contributed by atoms with E-state index in [4.69, 9.17) is 21.1 Å². The summed E-state index contributed by atoms with van der Waals surface area (Å²) in [5.74, 6) is -1.29. The number of alkyl halides is 3. The number of hydrogen-bond acceptors (Lipinski definition) is 5. The lowest BCUT2D eigenvalue weighted by atomic mass is 9.71. The van der Waals surface area contributed by atoms with Gasteiger partial charge in [-0.15, -0.1) is 0 Å². The molecule has 2 aromatic carbocycles. The number of nitrogens with zero attached hydrogens (tertiary/aromatic N) is 1. The maximum atomic E-state index is 13.6. The monoisotopic (exact) mass is 504 g/mol. The van der Waals surface area contributed by atoms with Crippen LogP contribution in [-0.2, 0) is 15.8 Å². The average molecular weight is 505 g/mol. The largest absolute Gasteiger partial charge is 0.454 e. The number of carbonyl (C=O) groups excluding carboxylic acids is 2. The van der Waals surface area contributed by atoms with Crippen LogP contribution in [0.5, 0.6) is 11.5 Å². The van der Waals surface area contributed by atoms with Gasteiger partial charge in [-0.1, -0.05) is 17.7 Å². The molecule has 35 heavy (non-hydrogen) atoms. The van der Waals surface area contributed by atoms with Gasteiger partial charge in [0.25, 0.3) is 0 Å². The van der Waals surface area contributed by atoms with Crippen molar-refractivity contribution in [1.82, 2.24) is 0 Å². The number of aliphatic imine (C=N–C) groups is 1. The second-order valence-electron chi connectivity index (χ2n) is 8.64. The fourth-order valence-corrected chi connectivity index (χ4v) is 4.99. The van der Waals surface area contributed by atoms with Crippen molar-refractivity contribution in [3.05, 3.63) is 63.8 Å². The van der Waals surface area contributed by atoms with Crippen molar-refractivity contribution in [2.45, 2.75) is 38.3 Å². The van der Waals surface area contributed by atoms with E-state index in [0.717, 1.165) is 18.2 Å². The Kier molecular flexibility index (Phi) is 5.83. The van der Waals surface area contributed by atoms with Gasteiger partial charge in [-0.25, -0.2) is 0 Å². The molecule has 1 N–H and O–H groups in total. The van der Waals surface area contributed by atoms with Crippen LogP contribution in [0.15, 0.2) is 52.7 Å². The van der Waals surface area contributed by atoms with Gasteiger partial charge in [0.05, 0.1) is 22.2 Å². The number of Topliss-reactive ketones (excluding diaryl/α,β-unsaturated/α-hetero) is 1. The molecule has 2 aliphatic heterocycles. The maximum absolute atomic E-state index is 13.6. The van der Waals surface area contributed by atoms with Crippen molar-refractivity contribution >= 4 is 34.7 Å². The second kappa shape index (κ2) is 8.71. The van der Waals surface area contributed by atoms with Crippen molar-refractivity contribution in [2.75, 3.05) is 12.1 Å². The summed E-state index contributed by atoms with van der Waals surface area (Å²) in [4.78, 5) is 31.2. The highest BCUT2D eigenvalue weighted by atomic mass is 35.5. The molecule has 0 aromatic heterocycles. The lowest BCUT2D eigenvalue weighted by molar-refractivity contribution is -0.137. The molecule has 2 aromatic rings. The van der Waals surface area contributed by atoms with Gasteiger partial charge in [0.1, 0.15) is 0 Å². The van der Waals surface area contributed by atoms with Crippen molar-refractivity contribution in [3.63, 3.8) is 0 Å². The zero-order chi connectivity index (χ0) is 24.9. The molecule has 182 valence electrons. The Bertz CT molecular complexity index is 1300. The topological polar surface area (TPSA) is 77.0 Å². The van der Waals surface area contributed by atoms with Crippen LogP contribution in [0.1, 0.15) is 43.2 Å². The number of ketones is 1. The molecule has 10 heteroatoms. The first-order valence-electron chi connectivity index (χ1n) is 11.0. The van der Waals surface area contributed by atoms with Gasteiger partial charge >= 0.3 is 6.18 Å². The molecule has 0 radical (unpaired) electrons. The van der Waals surface area contributed by atoms with Crippen LogP contribution < -0.4 is 14.8 Å². The summed E-state index contributed by atoms with van der Waals surface area (Å²) in [5.41, 5.74) is 1.10. The highest BCUT2D eigenvalue weighted by Crippen LogP contribution is 2.46. The molecule has 1 amide bonds. The number of fused-ring (bicyclic) bond motifs is 1. The quantitative estimate of drug-likeness (QED) is 0.564. The normalized spacial score (nSPS) is 21.5. The van der Waals surface area contributed by atoms with Crippen LogP contribution in [0.4, 0.5) is 18.9 Å². The Morgan fingerprint density at radius 2 is 1.89 bits per heavy atom. The third-order valence-electron chi connectivity index (χ3n) is 6.42. The number of benzene rings is 2. The minimum Gasteiger partial charge on any atom is -0.454 e. The second-order valence-corrected chi connectivity index (χ2v) is 9.05. The Hall–Kier alpha value is -3.33. The smallest absolute Gasteiger partial charge is 0.416 e. The van der Waals surface area contributed by atoms with Gasteiger partial charge in [0.2, 0.25) is 12.7 Å². The number of rotatable bonds is 3. The minimum atomic E-state index is -4.60. The summed E-state index contributed by atoms with van der Waals surface area (Å²) in [6.45, 7) is 1.75. The van der Waals surface area contributed by atoms with E-state index in [1.54, 1.807) is 25.1 Å². The van der Waals surface area contributed by atoms with Gasteiger partial charge in [0.15, 0.2) is 17.3 Å². The van der Waals surface area contributed by atoms with Crippen LogP contribution in [0.25, 0.3) is 0 Å². The lowest BCUT2D eigenvalue weighted by Gasteiger charge is -2.35. The van der Waals surface area contributed by atoms with E-state index in [2.05, 4.69) is 10.3 Å². The minimum absolute atomic E-state index is 0.0370. The van der Waals surface area contributed by atoms with Crippen LogP contribution >= 0.6 is 11.6 Å². The zero-order valence-electron chi connectivity index (χ0n) is 18.5. The Morgan fingerprint density at radius 1 is 1.11 bits per heavy atom. The SMILES string of the molecule is CC1=NC2=C(C(=O)CCC2)C(c2ccc3c(c2)OCO3)C1C(=O)Nc1cc(C(F)(F)F)ccc1Cl. The van der Waals surface area contributed by atoms with E-state index in [9.17, 15) is 22.8 Å². The molecule has 0 bridgehead atoms. The summed E-state index contributed by atoms with van der Waals surface area (Å²) in [6, 6.07) is 7.93. The fraction of sp³-hybridized carbons (Fsp3) is 0.320. The highest BCUT2D eigenvalue weighted by molar-refractivity contribution is 6.34. The molecule has 2 heterocycles. The van der Waals surface area contributed by atoms with Crippen molar-refractivity contribution in [2.24, 2.45) is 10.9 Å². The summed E-state index contributed by atoms with van der Waals surface area (Å²) in [7, 11) is 0. The third kappa shape index (κ3) is 4.29. The van der Waals surface area contributed by atoms with Crippen LogP contribution in [-0.4, -0.2) is 24.2 Å². The zero-order valence-corrected chi connectivity index (χ0v) is 19.3. The van der Waals surface area contributed by atoms with Crippen LogP contribution in [0.2, 0.25) is 5.02 Å². The van der Waals surface area contributed by atoms with Gasteiger partial charge in [-0.3, -0.25) is 14.6 Å². The first-order valence-corrected chi connectivity index (χ1v) is 11.4. The Morgan fingerprint density at radius 3 is 2.66 bits per heavy atom. The molecule has 0 saturated heterocycles. The average Bonchev–Trinajstić information content (AvgIpc) is 3.27. The van der Waals surface area contributed by atoms with E-state index >= 15 is 0 Å². The number of ether oxygens (including phenoxy) is 2. The van der Waals surface area contributed by atoms with E-state index in [1.807, 2.05) is 0 Å². The molecule has 0 saturated carbocycles. The van der Waals surface area contributed by atoms with Gasteiger partial charge < -0.3 is 14.8 Å². The first kappa shape index (κ1) is 23.4.